The van der Waals surface area contributed by atoms with Gasteiger partial charge in [-0.3, -0.25) is 4.79 Å². The Morgan fingerprint density at radius 3 is 2.59 bits per heavy atom. The summed E-state index contributed by atoms with van der Waals surface area (Å²) in [7, 11) is 1.56. The maximum atomic E-state index is 12.5. The molecule has 2 heterocycles. The first kappa shape index (κ1) is 18.5. The van der Waals surface area contributed by atoms with Crippen molar-refractivity contribution in [2.45, 2.75) is 13.1 Å². The number of methoxy groups -OCH3 is 1. The lowest BCUT2D eigenvalue weighted by Crippen LogP contribution is -2.24. The molecule has 2 N–H and O–H groups in total. The molecule has 0 aliphatic rings. The molecule has 0 aliphatic carbocycles. The topological polar surface area (TPSA) is 102 Å². The van der Waals surface area contributed by atoms with Crippen LogP contribution in [-0.2, 0) is 13.1 Å². The summed E-state index contributed by atoms with van der Waals surface area (Å²) in [5.41, 5.74) is 2.06. The van der Waals surface area contributed by atoms with Crippen molar-refractivity contribution in [3.8, 4) is 5.75 Å². The van der Waals surface area contributed by atoms with E-state index in [-0.39, 0.29) is 5.91 Å². The smallest absolute Gasteiger partial charge is 0.256 e. The Hall–Kier alpha value is -3.26. The van der Waals surface area contributed by atoms with Crippen LogP contribution >= 0.6 is 11.6 Å². The summed E-state index contributed by atoms with van der Waals surface area (Å²) >= 11 is 6.14. The quantitative estimate of drug-likeness (QED) is 0.645. The Balaban J connectivity index is 1.66. The van der Waals surface area contributed by atoms with Gasteiger partial charge in [0.1, 0.15) is 29.8 Å². The van der Waals surface area contributed by atoms with Crippen molar-refractivity contribution in [3.05, 3.63) is 71.2 Å². The summed E-state index contributed by atoms with van der Waals surface area (Å²) in [6, 6.07) is 5.46. The second kappa shape index (κ2) is 8.91. The van der Waals surface area contributed by atoms with E-state index in [4.69, 9.17) is 16.3 Å². The number of amides is 1. The van der Waals surface area contributed by atoms with Gasteiger partial charge in [0.2, 0.25) is 0 Å². The molecule has 8 nitrogen and oxygen atoms in total. The Morgan fingerprint density at radius 1 is 1.07 bits per heavy atom. The first-order valence-electron chi connectivity index (χ1n) is 8.05. The predicted octanol–water partition coefficient (Wildman–Crippen LogP) is 2.47. The Labute approximate surface area is 161 Å². The third-order valence-corrected chi connectivity index (χ3v) is 4.00. The second-order valence-electron chi connectivity index (χ2n) is 5.54. The van der Waals surface area contributed by atoms with E-state index in [0.29, 0.717) is 35.2 Å². The summed E-state index contributed by atoms with van der Waals surface area (Å²) in [6.07, 6.45) is 7.56. The number of nitrogens with zero attached hydrogens (tertiary/aromatic N) is 4. The van der Waals surface area contributed by atoms with Gasteiger partial charge in [0.15, 0.2) is 0 Å². The van der Waals surface area contributed by atoms with Crippen molar-refractivity contribution < 1.29 is 9.53 Å². The highest BCUT2D eigenvalue weighted by molar-refractivity contribution is 6.32. The van der Waals surface area contributed by atoms with Gasteiger partial charge in [0.25, 0.3) is 5.91 Å². The molecule has 1 aromatic carbocycles. The number of benzene rings is 1. The Morgan fingerprint density at radius 2 is 1.85 bits per heavy atom. The van der Waals surface area contributed by atoms with E-state index in [2.05, 4.69) is 30.6 Å². The SMILES string of the molecule is COc1ccc(CNc2ncncc2C(=O)NCc2cncnc2)cc1Cl. The zero-order valence-corrected chi connectivity index (χ0v) is 15.3. The van der Waals surface area contributed by atoms with Crippen LogP contribution in [0.2, 0.25) is 5.02 Å². The zero-order valence-electron chi connectivity index (χ0n) is 14.5. The van der Waals surface area contributed by atoms with Crippen LogP contribution in [0.25, 0.3) is 0 Å². The lowest BCUT2D eigenvalue weighted by Gasteiger charge is -2.11. The summed E-state index contributed by atoms with van der Waals surface area (Å²) in [4.78, 5) is 28.4. The number of nitrogens with one attached hydrogen (secondary N) is 2. The standard InChI is InChI=1S/C18H17ClN6O2/c1-27-16-3-2-12(4-15(16)19)7-23-17-14(9-22-11-25-17)18(26)24-8-13-5-20-10-21-6-13/h2-6,9-11H,7-8H2,1H3,(H,24,26)(H,22,23,25). The van der Waals surface area contributed by atoms with Crippen LogP contribution in [0.3, 0.4) is 0 Å². The molecular weight excluding hydrogens is 368 g/mol. The molecule has 0 aliphatic heterocycles. The van der Waals surface area contributed by atoms with E-state index in [0.717, 1.165) is 11.1 Å². The number of hydrogen-bond acceptors (Lipinski definition) is 7. The van der Waals surface area contributed by atoms with Crippen molar-refractivity contribution >= 4 is 23.3 Å². The fraction of sp³-hybridized carbons (Fsp3) is 0.167. The molecule has 2 aromatic heterocycles. The average Bonchev–Trinajstić information content (AvgIpc) is 2.71. The van der Waals surface area contributed by atoms with Gasteiger partial charge in [-0.05, 0) is 17.7 Å². The summed E-state index contributed by atoms with van der Waals surface area (Å²) in [6.45, 7) is 0.746. The van der Waals surface area contributed by atoms with Crippen molar-refractivity contribution in [2.75, 3.05) is 12.4 Å². The molecule has 27 heavy (non-hydrogen) atoms. The maximum absolute atomic E-state index is 12.5. The third-order valence-electron chi connectivity index (χ3n) is 3.70. The molecule has 0 radical (unpaired) electrons. The second-order valence-corrected chi connectivity index (χ2v) is 5.94. The lowest BCUT2D eigenvalue weighted by molar-refractivity contribution is 0.0951. The minimum absolute atomic E-state index is 0.297. The highest BCUT2D eigenvalue weighted by Crippen LogP contribution is 2.25. The van der Waals surface area contributed by atoms with Crippen LogP contribution in [0.15, 0.2) is 49.4 Å². The van der Waals surface area contributed by atoms with Crippen LogP contribution in [0, 0.1) is 0 Å². The molecule has 0 saturated carbocycles. The van der Waals surface area contributed by atoms with Crippen LogP contribution in [-0.4, -0.2) is 33.0 Å². The number of ether oxygens (including phenoxy) is 1. The van der Waals surface area contributed by atoms with Gasteiger partial charge in [-0.25, -0.2) is 19.9 Å². The van der Waals surface area contributed by atoms with E-state index in [1.54, 1.807) is 31.6 Å². The van der Waals surface area contributed by atoms with E-state index < -0.39 is 0 Å². The minimum Gasteiger partial charge on any atom is -0.495 e. The predicted molar refractivity (Wildman–Crippen MR) is 101 cm³/mol. The Kier molecular flexibility index (Phi) is 6.11. The number of aromatic nitrogens is 4. The third kappa shape index (κ3) is 4.89. The largest absolute Gasteiger partial charge is 0.495 e. The number of carbonyl (C=O) groups excluding carboxylic acids is 1. The highest BCUT2D eigenvalue weighted by Gasteiger charge is 2.13. The first-order valence-corrected chi connectivity index (χ1v) is 8.43. The van der Waals surface area contributed by atoms with Gasteiger partial charge in [-0.1, -0.05) is 17.7 Å². The maximum Gasteiger partial charge on any atom is 0.256 e. The first-order chi connectivity index (χ1) is 13.2. The number of hydrogen-bond donors (Lipinski definition) is 2. The molecular formula is C18H17ClN6O2. The van der Waals surface area contributed by atoms with Gasteiger partial charge in [0.05, 0.1) is 12.1 Å². The molecule has 0 unspecified atom stereocenters. The van der Waals surface area contributed by atoms with Crippen LogP contribution < -0.4 is 15.4 Å². The summed E-state index contributed by atoms with van der Waals surface area (Å²) in [5.74, 6) is 0.737. The normalized spacial score (nSPS) is 10.3. The molecule has 9 heteroatoms. The average molecular weight is 385 g/mol. The molecule has 0 atom stereocenters. The highest BCUT2D eigenvalue weighted by atomic mass is 35.5. The number of anilines is 1. The van der Waals surface area contributed by atoms with E-state index in [9.17, 15) is 4.79 Å². The molecule has 0 fully saturated rings. The van der Waals surface area contributed by atoms with Crippen molar-refractivity contribution in [2.24, 2.45) is 0 Å². The van der Waals surface area contributed by atoms with Crippen LogP contribution in [0.5, 0.6) is 5.75 Å². The molecule has 3 rings (SSSR count). The van der Waals surface area contributed by atoms with Gasteiger partial charge < -0.3 is 15.4 Å². The fourth-order valence-electron chi connectivity index (χ4n) is 2.34. The van der Waals surface area contributed by atoms with Crippen LogP contribution in [0.4, 0.5) is 5.82 Å². The number of rotatable bonds is 7. The van der Waals surface area contributed by atoms with Gasteiger partial charge in [-0.15, -0.1) is 0 Å². The number of halogens is 1. The van der Waals surface area contributed by atoms with E-state index >= 15 is 0 Å². The molecule has 0 saturated heterocycles. The molecule has 0 spiro atoms. The fourth-order valence-corrected chi connectivity index (χ4v) is 2.62. The van der Waals surface area contributed by atoms with E-state index in [1.165, 1.54) is 18.9 Å². The Bertz CT molecular complexity index is 923. The van der Waals surface area contributed by atoms with Gasteiger partial charge >= 0.3 is 0 Å². The molecule has 3 aromatic rings. The van der Waals surface area contributed by atoms with E-state index in [1.807, 2.05) is 6.07 Å². The van der Waals surface area contributed by atoms with Gasteiger partial charge in [-0.2, -0.15) is 0 Å². The zero-order chi connectivity index (χ0) is 19.1. The van der Waals surface area contributed by atoms with Crippen molar-refractivity contribution in [1.82, 2.24) is 25.3 Å². The van der Waals surface area contributed by atoms with Gasteiger partial charge in [0, 0.05) is 37.2 Å². The summed E-state index contributed by atoms with van der Waals surface area (Å²) < 4.78 is 5.14. The van der Waals surface area contributed by atoms with Crippen LogP contribution in [0.1, 0.15) is 21.5 Å². The van der Waals surface area contributed by atoms with Crippen molar-refractivity contribution in [1.29, 1.82) is 0 Å². The van der Waals surface area contributed by atoms with Crippen molar-refractivity contribution in [3.63, 3.8) is 0 Å². The minimum atomic E-state index is -0.297. The summed E-state index contributed by atoms with van der Waals surface area (Å²) in [5, 5.41) is 6.45. The molecule has 1 amide bonds. The lowest BCUT2D eigenvalue weighted by atomic mass is 10.2. The molecule has 138 valence electrons. The number of carbonyl (C=O) groups is 1. The monoisotopic (exact) mass is 384 g/mol. The molecule has 0 bridgehead atoms.